The van der Waals surface area contributed by atoms with Gasteiger partial charge >= 0.3 is 0 Å². The lowest BCUT2D eigenvalue weighted by Crippen LogP contribution is -2.51. The van der Waals surface area contributed by atoms with Crippen LogP contribution < -0.4 is 10.6 Å². The molecule has 1 aliphatic heterocycles. The normalized spacial score (nSPS) is 22.8. The summed E-state index contributed by atoms with van der Waals surface area (Å²) in [5, 5.41) is 6.75. The Kier molecular flexibility index (Phi) is 8.36. The number of hydrogen-bond acceptors (Lipinski definition) is 2. The van der Waals surface area contributed by atoms with Crippen molar-refractivity contribution in [1.82, 2.24) is 15.5 Å². The molecule has 1 atom stereocenters. The summed E-state index contributed by atoms with van der Waals surface area (Å²) in [5.41, 5.74) is 0. The molecule has 1 unspecified atom stereocenters. The summed E-state index contributed by atoms with van der Waals surface area (Å²) in [6, 6.07) is 0.318. The first kappa shape index (κ1) is 18.5. The van der Waals surface area contributed by atoms with Gasteiger partial charge < -0.3 is 15.5 Å². The molecular formula is C15H29IN4O. The number of rotatable bonds is 6. The van der Waals surface area contributed by atoms with Gasteiger partial charge in [0.15, 0.2) is 5.96 Å². The van der Waals surface area contributed by atoms with E-state index in [1.807, 2.05) is 7.05 Å². The highest BCUT2D eigenvalue weighted by molar-refractivity contribution is 14.0. The lowest BCUT2D eigenvalue weighted by atomic mass is 10.1. The van der Waals surface area contributed by atoms with Gasteiger partial charge in [0.25, 0.3) is 0 Å². The van der Waals surface area contributed by atoms with Crippen LogP contribution in [0.4, 0.5) is 0 Å². The molecule has 0 bridgehead atoms. The predicted molar refractivity (Wildman–Crippen MR) is 97.1 cm³/mol. The molecule has 1 saturated heterocycles. The molecule has 21 heavy (non-hydrogen) atoms. The number of hydrogen-bond donors (Lipinski definition) is 2. The zero-order valence-corrected chi connectivity index (χ0v) is 15.6. The maximum Gasteiger partial charge on any atom is 0.222 e. The third kappa shape index (κ3) is 6.84. The summed E-state index contributed by atoms with van der Waals surface area (Å²) in [7, 11) is 1.87. The first-order chi connectivity index (χ1) is 9.69. The van der Waals surface area contributed by atoms with Crippen LogP contribution in [0.1, 0.15) is 45.4 Å². The second-order valence-corrected chi connectivity index (χ2v) is 6.00. The Morgan fingerprint density at radius 1 is 1.38 bits per heavy atom. The maximum absolute atomic E-state index is 11.5. The first-order valence-electron chi connectivity index (χ1n) is 7.98. The number of guanidine groups is 1. The van der Waals surface area contributed by atoms with Crippen molar-refractivity contribution >= 4 is 35.8 Å². The SMILES string of the molecule is CCNC(=NCCCC1CC1)NC1CCC(=O)N(C)C1.I. The molecule has 0 aromatic heterocycles. The van der Waals surface area contributed by atoms with Gasteiger partial charge in [0, 0.05) is 39.1 Å². The van der Waals surface area contributed by atoms with E-state index >= 15 is 0 Å². The molecule has 2 N–H and O–H groups in total. The van der Waals surface area contributed by atoms with E-state index in [1.54, 1.807) is 4.90 Å². The van der Waals surface area contributed by atoms with Gasteiger partial charge in [-0.2, -0.15) is 0 Å². The highest BCUT2D eigenvalue weighted by Crippen LogP contribution is 2.33. The van der Waals surface area contributed by atoms with Crippen LogP contribution in [0.2, 0.25) is 0 Å². The van der Waals surface area contributed by atoms with E-state index in [1.165, 1.54) is 25.7 Å². The van der Waals surface area contributed by atoms with Gasteiger partial charge in [-0.15, -0.1) is 24.0 Å². The lowest BCUT2D eigenvalue weighted by Gasteiger charge is -2.31. The zero-order valence-electron chi connectivity index (χ0n) is 13.2. The summed E-state index contributed by atoms with van der Waals surface area (Å²) in [6.07, 6.45) is 6.88. The van der Waals surface area contributed by atoms with Gasteiger partial charge in [0.05, 0.1) is 0 Å². The second kappa shape index (κ2) is 9.48. The van der Waals surface area contributed by atoms with Crippen LogP contribution in [0.3, 0.4) is 0 Å². The quantitative estimate of drug-likeness (QED) is 0.306. The molecule has 6 heteroatoms. The fourth-order valence-electron chi connectivity index (χ4n) is 2.62. The van der Waals surface area contributed by atoms with Gasteiger partial charge in [-0.25, -0.2) is 0 Å². The van der Waals surface area contributed by atoms with Crippen molar-refractivity contribution in [3.63, 3.8) is 0 Å². The summed E-state index contributed by atoms with van der Waals surface area (Å²) in [5.74, 6) is 2.13. The highest BCUT2D eigenvalue weighted by atomic mass is 127. The standard InChI is InChI=1S/C15H28N4O.HI/c1-3-16-15(17-10-4-5-12-6-7-12)18-13-8-9-14(20)19(2)11-13;/h12-13H,3-11H2,1-2H3,(H2,16,17,18);1H. The minimum Gasteiger partial charge on any atom is -0.357 e. The molecule has 122 valence electrons. The molecular weight excluding hydrogens is 379 g/mol. The Labute approximate surface area is 145 Å². The number of nitrogens with one attached hydrogen (secondary N) is 2. The number of piperidine rings is 1. The lowest BCUT2D eigenvalue weighted by molar-refractivity contribution is -0.132. The van der Waals surface area contributed by atoms with Gasteiger partial charge in [-0.1, -0.05) is 12.8 Å². The largest absolute Gasteiger partial charge is 0.357 e. The smallest absolute Gasteiger partial charge is 0.222 e. The number of carbonyl (C=O) groups excluding carboxylic acids is 1. The van der Waals surface area contributed by atoms with Crippen LogP contribution in [-0.4, -0.2) is 49.5 Å². The van der Waals surface area contributed by atoms with Crippen LogP contribution in [0.15, 0.2) is 4.99 Å². The van der Waals surface area contributed by atoms with E-state index < -0.39 is 0 Å². The molecule has 0 spiro atoms. The summed E-state index contributed by atoms with van der Waals surface area (Å²) in [4.78, 5) is 17.9. The summed E-state index contributed by atoms with van der Waals surface area (Å²) < 4.78 is 0. The van der Waals surface area contributed by atoms with Crippen LogP contribution in [0.25, 0.3) is 0 Å². The predicted octanol–water partition coefficient (Wildman–Crippen LogP) is 1.97. The second-order valence-electron chi connectivity index (χ2n) is 6.00. The molecule has 5 nitrogen and oxygen atoms in total. The average molecular weight is 408 g/mol. The zero-order chi connectivity index (χ0) is 14.4. The molecule has 2 aliphatic rings. The Morgan fingerprint density at radius 3 is 2.76 bits per heavy atom. The summed E-state index contributed by atoms with van der Waals surface area (Å²) >= 11 is 0. The van der Waals surface area contributed by atoms with Gasteiger partial charge in [0.2, 0.25) is 5.91 Å². The Bertz CT molecular complexity index is 358. The van der Waals surface area contributed by atoms with Crippen molar-refractivity contribution < 1.29 is 4.79 Å². The monoisotopic (exact) mass is 408 g/mol. The Morgan fingerprint density at radius 2 is 2.14 bits per heavy atom. The molecule has 2 fully saturated rings. The molecule has 1 aliphatic carbocycles. The minimum atomic E-state index is 0. The molecule has 0 aromatic rings. The molecule has 0 radical (unpaired) electrons. The molecule has 1 heterocycles. The minimum absolute atomic E-state index is 0. The number of likely N-dealkylation sites (tertiary alicyclic amines) is 1. The highest BCUT2D eigenvalue weighted by Gasteiger charge is 2.23. The fourth-order valence-corrected chi connectivity index (χ4v) is 2.62. The van der Waals surface area contributed by atoms with E-state index in [9.17, 15) is 4.79 Å². The van der Waals surface area contributed by atoms with E-state index in [0.29, 0.717) is 12.5 Å². The van der Waals surface area contributed by atoms with Crippen molar-refractivity contribution in [2.75, 3.05) is 26.7 Å². The first-order valence-corrected chi connectivity index (χ1v) is 7.98. The third-order valence-electron chi connectivity index (χ3n) is 4.05. The van der Waals surface area contributed by atoms with Crippen molar-refractivity contribution in [2.24, 2.45) is 10.9 Å². The van der Waals surface area contributed by atoms with Crippen molar-refractivity contribution in [3.8, 4) is 0 Å². The van der Waals surface area contributed by atoms with Gasteiger partial charge in [-0.3, -0.25) is 9.79 Å². The molecule has 1 saturated carbocycles. The van der Waals surface area contributed by atoms with Crippen LogP contribution >= 0.6 is 24.0 Å². The van der Waals surface area contributed by atoms with E-state index in [0.717, 1.165) is 37.9 Å². The van der Waals surface area contributed by atoms with E-state index in [-0.39, 0.29) is 29.9 Å². The number of halogens is 1. The van der Waals surface area contributed by atoms with Gasteiger partial charge in [-0.05, 0) is 32.1 Å². The van der Waals surface area contributed by atoms with E-state index in [2.05, 4.69) is 22.5 Å². The maximum atomic E-state index is 11.5. The Hall–Kier alpha value is -0.530. The summed E-state index contributed by atoms with van der Waals surface area (Å²) in [6.45, 7) is 4.62. The number of aliphatic imine (C=N–C) groups is 1. The van der Waals surface area contributed by atoms with Crippen molar-refractivity contribution in [3.05, 3.63) is 0 Å². The number of carbonyl (C=O) groups is 1. The van der Waals surface area contributed by atoms with Crippen LogP contribution in [0.5, 0.6) is 0 Å². The third-order valence-corrected chi connectivity index (χ3v) is 4.05. The molecule has 2 rings (SSSR count). The van der Waals surface area contributed by atoms with Gasteiger partial charge in [0.1, 0.15) is 0 Å². The number of likely N-dealkylation sites (N-methyl/N-ethyl adjacent to an activating group) is 1. The number of nitrogens with zero attached hydrogens (tertiary/aromatic N) is 2. The number of amides is 1. The van der Waals surface area contributed by atoms with Crippen LogP contribution in [0, 0.1) is 5.92 Å². The topological polar surface area (TPSA) is 56.7 Å². The molecule has 0 aromatic carbocycles. The van der Waals surface area contributed by atoms with Crippen LogP contribution in [-0.2, 0) is 4.79 Å². The average Bonchev–Trinajstić information content (AvgIpc) is 3.23. The Balaban J connectivity index is 0.00000220. The van der Waals surface area contributed by atoms with Crippen molar-refractivity contribution in [2.45, 2.75) is 51.5 Å². The van der Waals surface area contributed by atoms with Crippen molar-refractivity contribution in [1.29, 1.82) is 0 Å². The van der Waals surface area contributed by atoms with E-state index in [4.69, 9.17) is 0 Å². The fraction of sp³-hybridized carbons (Fsp3) is 0.867. The molecule has 1 amide bonds.